The van der Waals surface area contributed by atoms with Crippen LogP contribution in [-0.2, 0) is 23.1 Å². The number of nitrogens with one attached hydrogen (secondary N) is 2. The van der Waals surface area contributed by atoms with E-state index in [1.807, 2.05) is 29.2 Å². The molecular weight excluding hydrogens is 792 g/mol. The van der Waals surface area contributed by atoms with E-state index in [0.29, 0.717) is 18.8 Å². The number of alkyl halides is 3. The van der Waals surface area contributed by atoms with Gasteiger partial charge in [0.15, 0.2) is 34.2 Å². The standard InChI is InChI=1S/C36H37F3N17O2S/c1-4-51-32(22-42)26(20-40)44-34(51)46-53-28-12-10-24(49-14-6-7-15-49)18-30(28)48(3)56(53)54(47-35-45-27(21-41)33(23-43)52(35)5-2)29-13-11-25(50-16-8-9-17-50)19-31(29)55(56)59(57,58)36(37,38)39/h10-13,18-19H,4-9,14-17H2,1-3H3,(H,44,46)(H,45,47)/q+1. The van der Waals surface area contributed by atoms with E-state index in [1.165, 1.54) is 33.3 Å². The van der Waals surface area contributed by atoms with Crippen molar-refractivity contribution in [1.29, 1.82) is 21.0 Å². The van der Waals surface area contributed by atoms with E-state index < -0.39 is 20.5 Å². The van der Waals surface area contributed by atoms with E-state index in [1.54, 1.807) is 38.1 Å². The molecule has 1 atom stereocenters. The second-order valence-corrected chi connectivity index (χ2v) is 15.8. The molecule has 1 unspecified atom stereocenters. The fourth-order valence-corrected chi connectivity index (χ4v) is 9.39. The zero-order chi connectivity index (χ0) is 42.0. The van der Waals surface area contributed by atoms with Crippen molar-refractivity contribution in [3.63, 3.8) is 0 Å². The van der Waals surface area contributed by atoms with Crippen molar-refractivity contribution in [1.82, 2.24) is 19.1 Å². The number of imidazole rings is 2. The fraction of sp³-hybridized carbons (Fsp3) is 0.389. The summed E-state index contributed by atoms with van der Waals surface area (Å²) in [7, 11) is -4.97. The van der Waals surface area contributed by atoms with Crippen molar-refractivity contribution in [3.05, 3.63) is 59.2 Å². The lowest BCUT2D eigenvalue weighted by Crippen LogP contribution is -2.82. The first kappa shape index (κ1) is 38.8. The van der Waals surface area contributed by atoms with Crippen LogP contribution in [-0.4, -0.2) is 71.2 Å². The van der Waals surface area contributed by atoms with Gasteiger partial charge in [-0.1, -0.05) is 0 Å². The van der Waals surface area contributed by atoms with Gasteiger partial charge >= 0.3 is 15.5 Å². The maximum atomic E-state index is 15.5. The Morgan fingerprint density at radius 1 is 0.695 bits per heavy atom. The summed E-state index contributed by atoms with van der Waals surface area (Å²) in [5.74, 6) is -0.316. The number of sulfonamides is 1. The van der Waals surface area contributed by atoms with Gasteiger partial charge in [-0.2, -0.15) is 52.6 Å². The quantitative estimate of drug-likeness (QED) is 0.218. The number of hydrogen-bond donors (Lipinski definition) is 2. The number of hydrogen-bond acceptors (Lipinski definition) is 15. The Morgan fingerprint density at radius 3 is 1.51 bits per heavy atom. The molecule has 4 aliphatic heterocycles. The molecule has 2 N–H and O–H groups in total. The van der Waals surface area contributed by atoms with Crippen LogP contribution in [0.1, 0.15) is 62.3 Å². The maximum absolute atomic E-state index is 15.5. The van der Waals surface area contributed by atoms with Gasteiger partial charge in [-0.05, 0) is 90.6 Å². The molecule has 2 aromatic carbocycles. The van der Waals surface area contributed by atoms with Crippen molar-refractivity contribution in [3.8, 4) is 24.3 Å². The number of fused-ring (bicyclic) bond motifs is 2. The van der Waals surface area contributed by atoms with E-state index in [-0.39, 0.29) is 74.9 Å². The molecule has 4 aliphatic rings. The molecule has 1 spiro atoms. The zero-order valence-corrected chi connectivity index (χ0v) is 32.9. The number of halogens is 3. The summed E-state index contributed by atoms with van der Waals surface area (Å²) in [4.78, 5) is 11.3. The lowest BCUT2D eigenvalue weighted by Gasteiger charge is -2.46. The summed E-state index contributed by atoms with van der Waals surface area (Å²) in [6.45, 7) is 6.15. The third kappa shape index (κ3) is 5.57. The molecular formula is C36H37F3N17O2S+. The monoisotopic (exact) mass is 828 g/mol. The molecule has 0 aliphatic carbocycles. The van der Waals surface area contributed by atoms with Crippen molar-refractivity contribution in [2.75, 3.05) is 73.5 Å². The van der Waals surface area contributed by atoms with Gasteiger partial charge in [0, 0.05) is 50.6 Å². The zero-order valence-electron chi connectivity index (χ0n) is 32.1. The molecule has 2 saturated heterocycles. The van der Waals surface area contributed by atoms with Crippen LogP contribution in [0.4, 0.5) is 59.2 Å². The molecule has 0 amide bonds. The number of quaternary nitrogens is 1. The highest BCUT2D eigenvalue weighted by Crippen LogP contribution is 2.57. The average molecular weight is 829 g/mol. The Bertz CT molecular complexity index is 2550. The van der Waals surface area contributed by atoms with Crippen molar-refractivity contribution >= 4 is 56.0 Å². The highest BCUT2D eigenvalue weighted by atomic mass is 32.2. The Labute approximate surface area is 337 Å². The number of anilines is 8. The summed E-state index contributed by atoms with van der Waals surface area (Å²) >= 11 is 0. The molecule has 23 heteroatoms. The van der Waals surface area contributed by atoms with Crippen molar-refractivity contribution in [2.45, 2.75) is 58.1 Å². The Balaban J connectivity index is 1.47. The number of nitriles is 4. The van der Waals surface area contributed by atoms with Gasteiger partial charge in [-0.25, -0.2) is 10.9 Å². The second kappa shape index (κ2) is 14.1. The topological polar surface area (TPSA) is 208 Å². The molecule has 2 fully saturated rings. The Kier molecular flexibility index (Phi) is 9.26. The summed E-state index contributed by atoms with van der Waals surface area (Å²) < 4.78 is 78.4. The third-order valence-corrected chi connectivity index (χ3v) is 12.4. The van der Waals surface area contributed by atoms with Gasteiger partial charge in [0.25, 0.3) is 0 Å². The first-order valence-electron chi connectivity index (χ1n) is 18.8. The molecule has 19 nitrogen and oxygen atoms in total. The van der Waals surface area contributed by atoms with E-state index in [4.69, 9.17) is 0 Å². The van der Waals surface area contributed by atoms with Gasteiger partial charge < -0.3 is 9.80 Å². The molecule has 0 bridgehead atoms. The van der Waals surface area contributed by atoms with Gasteiger partial charge in [0.05, 0.1) is 7.05 Å². The first-order chi connectivity index (χ1) is 28.3. The normalized spacial score (nSPS) is 18.5. The first-order valence-corrected chi connectivity index (χ1v) is 20.2. The summed E-state index contributed by atoms with van der Waals surface area (Å²) in [6.07, 6.45) is 3.50. The fourth-order valence-electron chi connectivity index (χ4n) is 8.25. The average Bonchev–Trinajstić information content (AvgIpc) is 4.09. The smallest absolute Gasteiger partial charge is 0.371 e. The summed E-state index contributed by atoms with van der Waals surface area (Å²) in [5, 5.41) is 43.6. The Hall–Kier alpha value is -7.08. The van der Waals surface area contributed by atoms with Crippen LogP contribution in [0, 0.1) is 45.3 Å². The minimum Gasteiger partial charge on any atom is -0.371 e. The number of hydrazine groups is 2. The van der Waals surface area contributed by atoms with Crippen LogP contribution >= 0.6 is 0 Å². The van der Waals surface area contributed by atoms with Crippen LogP contribution in [0.15, 0.2) is 36.4 Å². The van der Waals surface area contributed by atoms with Crippen LogP contribution < -0.4 is 40.3 Å². The molecule has 6 heterocycles. The van der Waals surface area contributed by atoms with E-state index in [9.17, 15) is 29.5 Å². The molecule has 4 aromatic rings. The van der Waals surface area contributed by atoms with Crippen LogP contribution in [0.2, 0.25) is 0 Å². The van der Waals surface area contributed by atoms with Gasteiger partial charge in [-0.3, -0.25) is 9.13 Å². The molecule has 0 radical (unpaired) electrons. The van der Waals surface area contributed by atoms with E-state index in [0.717, 1.165) is 54.7 Å². The molecule has 2 aromatic heterocycles. The number of rotatable bonds is 9. The predicted molar refractivity (Wildman–Crippen MR) is 209 cm³/mol. The minimum atomic E-state index is -6.40. The highest BCUT2D eigenvalue weighted by molar-refractivity contribution is 7.93. The van der Waals surface area contributed by atoms with Crippen LogP contribution in [0.5, 0.6) is 0 Å². The lowest BCUT2D eigenvalue weighted by atomic mass is 10.2. The largest absolute Gasteiger partial charge is 0.521 e. The van der Waals surface area contributed by atoms with Gasteiger partial charge in [-0.15, -0.1) is 5.01 Å². The SMILES string of the molecule is CCn1c(NN2c3ccc(N4CCCC4)cc3N(C)[N+]23N(Nc2nc(C#N)c(C#N)n2CC)c2ccc(N4CCCC4)cc2N3S(=O)(=O)C(F)(F)F)nc(C#N)c1C#N. The summed E-state index contributed by atoms with van der Waals surface area (Å²) in [6, 6.07) is 17.4. The van der Waals surface area contributed by atoms with Gasteiger partial charge in [0.1, 0.15) is 40.6 Å². The highest BCUT2D eigenvalue weighted by Gasteiger charge is 2.74. The van der Waals surface area contributed by atoms with Gasteiger partial charge in [0.2, 0.25) is 11.9 Å². The predicted octanol–water partition coefficient (Wildman–Crippen LogP) is 4.77. The van der Waals surface area contributed by atoms with Crippen LogP contribution in [0.25, 0.3) is 0 Å². The molecule has 59 heavy (non-hydrogen) atoms. The third-order valence-electron chi connectivity index (χ3n) is 11.0. The van der Waals surface area contributed by atoms with Crippen LogP contribution in [0.3, 0.4) is 0 Å². The molecule has 0 saturated carbocycles. The number of aromatic nitrogens is 4. The molecule has 8 rings (SSSR count). The summed E-state index contributed by atoms with van der Waals surface area (Å²) in [5.41, 5.74) is 0.627. The van der Waals surface area contributed by atoms with E-state index >= 15 is 13.2 Å². The maximum Gasteiger partial charge on any atom is 0.521 e. The second-order valence-electron chi connectivity index (χ2n) is 14.0. The number of benzene rings is 2. The van der Waals surface area contributed by atoms with E-state index in [2.05, 4.69) is 25.7 Å². The molecule has 304 valence electrons. The lowest BCUT2D eigenvalue weighted by molar-refractivity contribution is -0.936. The van der Waals surface area contributed by atoms with Crippen molar-refractivity contribution in [2.24, 2.45) is 0 Å². The Morgan fingerprint density at radius 2 is 1.12 bits per heavy atom. The number of nitrogens with zero attached hydrogens (tertiary/aromatic N) is 15. The minimum absolute atomic E-state index is 0.0658. The van der Waals surface area contributed by atoms with Crippen molar-refractivity contribution < 1.29 is 26.5 Å².